The molecule has 1 saturated heterocycles. The maximum Gasteiger partial charge on any atom is 0.258 e. The summed E-state index contributed by atoms with van der Waals surface area (Å²) in [4.78, 5) is 22.4. The molecule has 0 atom stereocenters. The number of thiazole rings is 1. The number of hydrogen-bond acceptors (Lipinski definition) is 7. The smallest absolute Gasteiger partial charge is 0.258 e. The Hall–Kier alpha value is -2.42. The van der Waals surface area contributed by atoms with E-state index in [0.717, 1.165) is 54.9 Å². The molecule has 29 heavy (non-hydrogen) atoms. The van der Waals surface area contributed by atoms with E-state index < -0.39 is 0 Å². The van der Waals surface area contributed by atoms with Crippen LogP contribution in [-0.2, 0) is 13.1 Å². The Balaban J connectivity index is 1.37. The van der Waals surface area contributed by atoms with Crippen LogP contribution in [0.1, 0.15) is 16.8 Å². The summed E-state index contributed by atoms with van der Waals surface area (Å²) in [6.07, 6.45) is 1.77. The molecule has 7 nitrogen and oxygen atoms in total. The van der Waals surface area contributed by atoms with Gasteiger partial charge in [-0.2, -0.15) is 0 Å². The number of fused-ring (bicyclic) bond motifs is 1. The molecule has 0 bridgehead atoms. The van der Waals surface area contributed by atoms with Gasteiger partial charge in [0.2, 0.25) is 0 Å². The van der Waals surface area contributed by atoms with Crippen molar-refractivity contribution in [2.24, 2.45) is 0 Å². The van der Waals surface area contributed by atoms with E-state index in [1.807, 2.05) is 11.4 Å². The molecule has 0 N–H and O–H groups in total. The van der Waals surface area contributed by atoms with E-state index in [0.29, 0.717) is 6.54 Å². The van der Waals surface area contributed by atoms with Crippen LogP contribution in [0.5, 0.6) is 11.5 Å². The predicted molar refractivity (Wildman–Crippen MR) is 114 cm³/mol. The van der Waals surface area contributed by atoms with E-state index in [4.69, 9.17) is 9.47 Å². The van der Waals surface area contributed by atoms with Gasteiger partial charge in [-0.1, -0.05) is 0 Å². The minimum absolute atomic E-state index is 0.00573. The number of nitrogens with zero attached hydrogens (tertiary/aromatic N) is 4. The average Bonchev–Trinajstić information content (AvgIpc) is 3.20. The lowest BCUT2D eigenvalue weighted by Crippen LogP contribution is -2.45. The van der Waals surface area contributed by atoms with Crippen LogP contribution < -0.4 is 15.0 Å². The second-order valence-electron chi connectivity index (χ2n) is 7.33. The summed E-state index contributed by atoms with van der Waals surface area (Å²) in [5.41, 5.74) is 3.31. The Bertz CT molecular complexity index is 1050. The van der Waals surface area contributed by atoms with Gasteiger partial charge >= 0.3 is 0 Å². The summed E-state index contributed by atoms with van der Waals surface area (Å²) >= 11 is 1.49. The average molecular weight is 415 g/mol. The molecule has 8 heteroatoms. The van der Waals surface area contributed by atoms with Crippen LogP contribution in [-0.4, -0.2) is 59.6 Å². The highest BCUT2D eigenvalue weighted by molar-refractivity contribution is 7.15. The Kier molecular flexibility index (Phi) is 5.84. The van der Waals surface area contributed by atoms with Crippen molar-refractivity contribution in [3.63, 3.8) is 0 Å². The lowest BCUT2D eigenvalue weighted by Gasteiger charge is -2.34. The zero-order valence-electron chi connectivity index (χ0n) is 17.1. The van der Waals surface area contributed by atoms with Crippen LogP contribution in [0.25, 0.3) is 4.96 Å². The Morgan fingerprint density at radius 3 is 2.34 bits per heavy atom. The first-order valence-corrected chi connectivity index (χ1v) is 10.6. The van der Waals surface area contributed by atoms with Gasteiger partial charge in [-0.05, 0) is 30.2 Å². The third-order valence-corrected chi connectivity index (χ3v) is 6.20. The first-order chi connectivity index (χ1) is 14.1. The standard InChI is InChI=1S/C21H26N4O3S/c1-15-10-18(27-2)19(28-3)11-16(15)13-23-4-6-24(7-5-23)14-17-12-20(26)25-8-9-29-21(25)22-17/h8-12H,4-7,13-14H2,1-3H3. The summed E-state index contributed by atoms with van der Waals surface area (Å²) in [7, 11) is 3.33. The molecule has 1 aliphatic rings. The summed E-state index contributed by atoms with van der Waals surface area (Å²) in [6, 6.07) is 5.77. The molecule has 1 fully saturated rings. The molecule has 3 aromatic rings. The Labute approximate surface area is 174 Å². The van der Waals surface area contributed by atoms with Gasteiger partial charge in [0.1, 0.15) is 0 Å². The zero-order chi connectivity index (χ0) is 20.4. The molecule has 4 rings (SSSR count). The van der Waals surface area contributed by atoms with E-state index in [9.17, 15) is 4.79 Å². The van der Waals surface area contributed by atoms with Crippen LogP contribution >= 0.6 is 11.3 Å². The maximum atomic E-state index is 12.2. The van der Waals surface area contributed by atoms with Gasteiger partial charge in [-0.3, -0.25) is 19.0 Å². The molecular formula is C21H26N4O3S. The molecule has 154 valence electrons. The summed E-state index contributed by atoms with van der Waals surface area (Å²) in [5.74, 6) is 1.54. The number of aryl methyl sites for hydroxylation is 1. The van der Waals surface area contributed by atoms with Crippen molar-refractivity contribution in [1.82, 2.24) is 19.2 Å². The highest BCUT2D eigenvalue weighted by atomic mass is 32.1. The summed E-state index contributed by atoms with van der Waals surface area (Å²) < 4.78 is 12.4. The van der Waals surface area contributed by atoms with Crippen molar-refractivity contribution >= 4 is 16.3 Å². The molecule has 0 saturated carbocycles. The highest BCUT2D eigenvalue weighted by Gasteiger charge is 2.19. The van der Waals surface area contributed by atoms with Crippen LogP contribution in [0.15, 0.2) is 34.6 Å². The molecule has 3 heterocycles. The highest BCUT2D eigenvalue weighted by Crippen LogP contribution is 2.31. The van der Waals surface area contributed by atoms with Gasteiger partial charge in [0, 0.05) is 56.9 Å². The second-order valence-corrected chi connectivity index (χ2v) is 8.20. The van der Waals surface area contributed by atoms with Crippen molar-refractivity contribution < 1.29 is 9.47 Å². The molecule has 0 unspecified atom stereocenters. The molecule has 0 radical (unpaired) electrons. The SMILES string of the molecule is COc1cc(C)c(CN2CCN(Cc3cc(=O)n4ccsc4n3)CC2)cc1OC. The molecule has 0 aliphatic carbocycles. The minimum Gasteiger partial charge on any atom is -0.493 e. The van der Waals surface area contributed by atoms with Gasteiger partial charge in [-0.25, -0.2) is 4.98 Å². The van der Waals surface area contributed by atoms with E-state index in [1.54, 1.807) is 30.9 Å². The number of benzene rings is 1. The lowest BCUT2D eigenvalue weighted by atomic mass is 10.1. The fraction of sp³-hybridized carbons (Fsp3) is 0.429. The minimum atomic E-state index is -0.00573. The number of aromatic nitrogens is 2. The van der Waals surface area contributed by atoms with Gasteiger partial charge in [0.05, 0.1) is 19.9 Å². The zero-order valence-corrected chi connectivity index (χ0v) is 17.9. The number of rotatable bonds is 6. The third-order valence-electron chi connectivity index (χ3n) is 5.44. The molecule has 1 aliphatic heterocycles. The van der Waals surface area contributed by atoms with E-state index in [1.165, 1.54) is 22.5 Å². The fourth-order valence-corrected chi connectivity index (χ4v) is 4.48. The third kappa shape index (κ3) is 4.29. The molecule has 0 spiro atoms. The van der Waals surface area contributed by atoms with Crippen molar-refractivity contribution in [1.29, 1.82) is 0 Å². The normalized spacial score (nSPS) is 15.7. The number of methoxy groups -OCH3 is 2. The van der Waals surface area contributed by atoms with Crippen molar-refractivity contribution in [2.75, 3.05) is 40.4 Å². The van der Waals surface area contributed by atoms with Crippen molar-refractivity contribution in [3.8, 4) is 11.5 Å². The Morgan fingerprint density at radius 1 is 1.00 bits per heavy atom. The monoisotopic (exact) mass is 414 g/mol. The van der Waals surface area contributed by atoms with Crippen LogP contribution in [0.4, 0.5) is 0 Å². The van der Waals surface area contributed by atoms with E-state index in [2.05, 4.69) is 27.8 Å². The van der Waals surface area contributed by atoms with Gasteiger partial charge in [0.25, 0.3) is 5.56 Å². The molecular weight excluding hydrogens is 388 g/mol. The van der Waals surface area contributed by atoms with Crippen LogP contribution in [0.3, 0.4) is 0 Å². The summed E-state index contributed by atoms with van der Waals surface area (Å²) in [5, 5.41) is 1.89. The van der Waals surface area contributed by atoms with E-state index in [-0.39, 0.29) is 5.56 Å². The second kappa shape index (κ2) is 8.52. The predicted octanol–water partition coefficient (Wildman–Crippen LogP) is 2.40. The number of ether oxygens (including phenoxy) is 2. The van der Waals surface area contributed by atoms with Crippen LogP contribution in [0.2, 0.25) is 0 Å². The molecule has 2 aromatic heterocycles. The topological polar surface area (TPSA) is 59.3 Å². The maximum absolute atomic E-state index is 12.2. The molecule has 0 amide bonds. The van der Waals surface area contributed by atoms with Crippen molar-refractivity contribution in [2.45, 2.75) is 20.0 Å². The quantitative estimate of drug-likeness (QED) is 0.617. The molecule has 1 aromatic carbocycles. The number of piperazine rings is 1. The van der Waals surface area contributed by atoms with Gasteiger partial charge in [-0.15, -0.1) is 11.3 Å². The first-order valence-electron chi connectivity index (χ1n) is 9.69. The van der Waals surface area contributed by atoms with Gasteiger partial charge in [0.15, 0.2) is 16.5 Å². The number of hydrogen-bond donors (Lipinski definition) is 0. The lowest BCUT2D eigenvalue weighted by molar-refractivity contribution is 0.121. The summed E-state index contributed by atoms with van der Waals surface area (Å²) in [6.45, 7) is 7.59. The van der Waals surface area contributed by atoms with Crippen LogP contribution in [0, 0.1) is 6.92 Å². The Morgan fingerprint density at radius 2 is 1.66 bits per heavy atom. The van der Waals surface area contributed by atoms with Gasteiger partial charge < -0.3 is 9.47 Å². The largest absolute Gasteiger partial charge is 0.493 e. The first kappa shape index (κ1) is 19.9. The van der Waals surface area contributed by atoms with Crippen molar-refractivity contribution in [3.05, 3.63) is 57.0 Å². The fourth-order valence-electron chi connectivity index (χ4n) is 3.74. The van der Waals surface area contributed by atoms with E-state index >= 15 is 0 Å².